The highest BCUT2D eigenvalue weighted by molar-refractivity contribution is 7.09. The lowest BCUT2D eigenvalue weighted by Crippen LogP contribution is -2.25. The van der Waals surface area contributed by atoms with Gasteiger partial charge in [-0.25, -0.2) is 0 Å². The zero-order valence-corrected chi connectivity index (χ0v) is 11.6. The summed E-state index contributed by atoms with van der Waals surface area (Å²) >= 11 is 1.87. The number of nitrogens with one attached hydrogen (secondary N) is 1. The van der Waals surface area contributed by atoms with E-state index < -0.39 is 0 Å². The number of hydrogen-bond acceptors (Lipinski definition) is 3. The SMILES string of the molecule is CCN(CCCCNC1CC1)Cc1cccs1. The van der Waals surface area contributed by atoms with Crippen LogP contribution >= 0.6 is 11.3 Å². The molecule has 0 radical (unpaired) electrons. The first-order valence-corrected chi connectivity index (χ1v) is 7.74. The average molecular weight is 252 g/mol. The predicted octanol–water partition coefficient (Wildman–Crippen LogP) is 3.10. The van der Waals surface area contributed by atoms with Crippen LogP contribution in [0.1, 0.15) is 37.5 Å². The van der Waals surface area contributed by atoms with E-state index in [9.17, 15) is 0 Å². The molecule has 1 aliphatic rings. The van der Waals surface area contributed by atoms with Crippen molar-refractivity contribution in [2.45, 2.75) is 45.2 Å². The topological polar surface area (TPSA) is 15.3 Å². The molecule has 0 amide bonds. The molecule has 1 saturated carbocycles. The van der Waals surface area contributed by atoms with Gasteiger partial charge in [0.15, 0.2) is 0 Å². The summed E-state index contributed by atoms with van der Waals surface area (Å²) in [6.07, 6.45) is 5.44. The summed E-state index contributed by atoms with van der Waals surface area (Å²) in [6.45, 7) is 7.00. The smallest absolute Gasteiger partial charge is 0.0327 e. The Morgan fingerprint density at radius 1 is 1.41 bits per heavy atom. The molecule has 3 heteroatoms. The summed E-state index contributed by atoms with van der Waals surface area (Å²) in [6, 6.07) is 5.25. The van der Waals surface area contributed by atoms with E-state index in [-0.39, 0.29) is 0 Å². The van der Waals surface area contributed by atoms with E-state index in [1.807, 2.05) is 11.3 Å². The quantitative estimate of drug-likeness (QED) is 0.679. The molecule has 1 heterocycles. The van der Waals surface area contributed by atoms with Crippen LogP contribution in [-0.2, 0) is 6.54 Å². The minimum absolute atomic E-state index is 0.864. The first-order valence-electron chi connectivity index (χ1n) is 6.86. The van der Waals surface area contributed by atoms with Crippen molar-refractivity contribution in [3.63, 3.8) is 0 Å². The first kappa shape index (κ1) is 13.1. The summed E-state index contributed by atoms with van der Waals surface area (Å²) in [5.41, 5.74) is 0. The predicted molar refractivity (Wildman–Crippen MR) is 75.5 cm³/mol. The standard InChI is InChI=1S/C14H24N2S/c1-2-16(12-14-6-5-11-17-14)10-4-3-9-15-13-7-8-13/h5-6,11,13,15H,2-4,7-10,12H2,1H3. The maximum Gasteiger partial charge on any atom is 0.0327 e. The lowest BCUT2D eigenvalue weighted by Gasteiger charge is -2.19. The first-order chi connectivity index (χ1) is 8.38. The van der Waals surface area contributed by atoms with Gasteiger partial charge in [0.1, 0.15) is 0 Å². The third kappa shape index (κ3) is 5.19. The van der Waals surface area contributed by atoms with Crippen LogP contribution in [0.15, 0.2) is 17.5 Å². The van der Waals surface area contributed by atoms with Crippen molar-refractivity contribution >= 4 is 11.3 Å². The largest absolute Gasteiger partial charge is 0.314 e. The number of rotatable bonds is 9. The van der Waals surface area contributed by atoms with Gasteiger partial charge in [-0.05, 0) is 56.8 Å². The zero-order valence-electron chi connectivity index (χ0n) is 10.8. The second kappa shape index (κ2) is 7.14. The molecule has 0 spiro atoms. The molecule has 1 fully saturated rings. The van der Waals surface area contributed by atoms with E-state index in [0.717, 1.165) is 19.1 Å². The second-order valence-electron chi connectivity index (χ2n) is 4.88. The summed E-state index contributed by atoms with van der Waals surface area (Å²) in [4.78, 5) is 4.03. The monoisotopic (exact) mass is 252 g/mol. The lowest BCUT2D eigenvalue weighted by atomic mass is 10.2. The van der Waals surface area contributed by atoms with Crippen molar-refractivity contribution in [2.24, 2.45) is 0 Å². The molecule has 0 unspecified atom stereocenters. The van der Waals surface area contributed by atoms with Crippen molar-refractivity contribution in [2.75, 3.05) is 19.6 Å². The fourth-order valence-electron chi connectivity index (χ4n) is 2.03. The molecular formula is C14H24N2S. The Balaban J connectivity index is 1.54. The van der Waals surface area contributed by atoms with Crippen LogP contribution in [0.5, 0.6) is 0 Å². The van der Waals surface area contributed by atoms with Crippen LogP contribution in [0.4, 0.5) is 0 Å². The van der Waals surface area contributed by atoms with Crippen molar-refractivity contribution < 1.29 is 0 Å². The second-order valence-corrected chi connectivity index (χ2v) is 5.92. The minimum atomic E-state index is 0.864. The van der Waals surface area contributed by atoms with E-state index in [0.29, 0.717) is 0 Å². The molecule has 96 valence electrons. The fraction of sp³-hybridized carbons (Fsp3) is 0.714. The highest BCUT2D eigenvalue weighted by Crippen LogP contribution is 2.18. The van der Waals surface area contributed by atoms with E-state index in [1.54, 1.807) is 0 Å². The maximum absolute atomic E-state index is 3.58. The molecule has 1 aromatic rings. The van der Waals surface area contributed by atoms with E-state index in [2.05, 4.69) is 34.7 Å². The number of hydrogen-bond donors (Lipinski definition) is 1. The van der Waals surface area contributed by atoms with Crippen LogP contribution in [0, 0.1) is 0 Å². The van der Waals surface area contributed by atoms with Gasteiger partial charge in [0.2, 0.25) is 0 Å². The molecule has 0 aromatic carbocycles. The highest BCUT2D eigenvalue weighted by atomic mass is 32.1. The third-order valence-electron chi connectivity index (χ3n) is 3.32. The van der Waals surface area contributed by atoms with Gasteiger partial charge in [-0.15, -0.1) is 11.3 Å². The van der Waals surface area contributed by atoms with Gasteiger partial charge in [-0.1, -0.05) is 13.0 Å². The molecule has 1 aliphatic carbocycles. The normalized spacial score (nSPS) is 15.6. The lowest BCUT2D eigenvalue weighted by molar-refractivity contribution is 0.275. The Morgan fingerprint density at radius 3 is 2.94 bits per heavy atom. The summed E-state index contributed by atoms with van der Waals surface area (Å²) in [7, 11) is 0. The van der Waals surface area contributed by atoms with Crippen molar-refractivity contribution in [1.82, 2.24) is 10.2 Å². The van der Waals surface area contributed by atoms with E-state index >= 15 is 0 Å². The maximum atomic E-state index is 3.58. The minimum Gasteiger partial charge on any atom is -0.314 e. The number of thiophene rings is 1. The summed E-state index contributed by atoms with van der Waals surface area (Å²) in [5.74, 6) is 0. The number of unbranched alkanes of at least 4 members (excludes halogenated alkanes) is 1. The van der Waals surface area contributed by atoms with Gasteiger partial charge >= 0.3 is 0 Å². The summed E-state index contributed by atoms with van der Waals surface area (Å²) in [5, 5.41) is 5.75. The number of nitrogens with zero attached hydrogens (tertiary/aromatic N) is 1. The summed E-state index contributed by atoms with van der Waals surface area (Å²) < 4.78 is 0. The Kier molecular flexibility index (Phi) is 5.49. The van der Waals surface area contributed by atoms with Gasteiger partial charge in [0.25, 0.3) is 0 Å². The molecule has 0 atom stereocenters. The zero-order chi connectivity index (χ0) is 11.9. The molecule has 2 rings (SSSR count). The van der Waals surface area contributed by atoms with Crippen molar-refractivity contribution in [1.29, 1.82) is 0 Å². The fourth-order valence-corrected chi connectivity index (χ4v) is 2.77. The third-order valence-corrected chi connectivity index (χ3v) is 4.18. The van der Waals surface area contributed by atoms with Crippen LogP contribution in [0.25, 0.3) is 0 Å². The molecule has 2 nitrogen and oxygen atoms in total. The molecule has 0 saturated heterocycles. The Morgan fingerprint density at radius 2 is 2.29 bits per heavy atom. The average Bonchev–Trinajstić information content (AvgIpc) is 3.02. The Bertz CT molecular complexity index is 293. The highest BCUT2D eigenvalue weighted by Gasteiger charge is 2.19. The van der Waals surface area contributed by atoms with Gasteiger partial charge in [0.05, 0.1) is 0 Å². The van der Waals surface area contributed by atoms with Gasteiger partial charge in [0, 0.05) is 17.5 Å². The molecule has 0 bridgehead atoms. The molecule has 17 heavy (non-hydrogen) atoms. The van der Waals surface area contributed by atoms with Crippen LogP contribution in [-0.4, -0.2) is 30.6 Å². The Labute approximate surface area is 109 Å². The van der Waals surface area contributed by atoms with Gasteiger partial charge in [-0.2, -0.15) is 0 Å². The van der Waals surface area contributed by atoms with Crippen molar-refractivity contribution in [3.05, 3.63) is 22.4 Å². The van der Waals surface area contributed by atoms with Crippen LogP contribution in [0.3, 0.4) is 0 Å². The molecule has 0 aliphatic heterocycles. The van der Waals surface area contributed by atoms with Gasteiger partial charge in [-0.3, -0.25) is 4.90 Å². The molecular weight excluding hydrogens is 228 g/mol. The van der Waals surface area contributed by atoms with Crippen molar-refractivity contribution in [3.8, 4) is 0 Å². The molecule has 1 aromatic heterocycles. The van der Waals surface area contributed by atoms with E-state index in [4.69, 9.17) is 0 Å². The van der Waals surface area contributed by atoms with Gasteiger partial charge < -0.3 is 5.32 Å². The van der Waals surface area contributed by atoms with Crippen LogP contribution < -0.4 is 5.32 Å². The molecule has 1 N–H and O–H groups in total. The van der Waals surface area contributed by atoms with Crippen LogP contribution in [0.2, 0.25) is 0 Å². The van der Waals surface area contributed by atoms with E-state index in [1.165, 1.54) is 43.6 Å². The Hall–Kier alpha value is -0.380.